The number of nitrogens with zero attached hydrogens (tertiary/aromatic N) is 1. The summed E-state index contributed by atoms with van der Waals surface area (Å²) in [6.45, 7) is 5.35. The Hall–Kier alpha value is -1.65. The van der Waals surface area contributed by atoms with Crippen molar-refractivity contribution in [3.63, 3.8) is 0 Å². The van der Waals surface area contributed by atoms with Crippen LogP contribution < -0.4 is 10.1 Å². The molecule has 2 rings (SSSR count). The molecule has 1 aromatic carbocycles. The molecule has 0 aliphatic heterocycles. The summed E-state index contributed by atoms with van der Waals surface area (Å²) in [6.07, 6.45) is 2.16. The van der Waals surface area contributed by atoms with Crippen molar-refractivity contribution in [1.82, 2.24) is 10.3 Å². The van der Waals surface area contributed by atoms with Gasteiger partial charge in [0.1, 0.15) is 11.6 Å². The Morgan fingerprint density at radius 3 is 2.86 bits per heavy atom. The van der Waals surface area contributed by atoms with Gasteiger partial charge in [0.25, 0.3) is 0 Å². The molecule has 0 aliphatic rings. The van der Waals surface area contributed by atoms with E-state index < -0.39 is 0 Å². The van der Waals surface area contributed by atoms with E-state index in [1.54, 1.807) is 12.1 Å². The summed E-state index contributed by atoms with van der Waals surface area (Å²) in [5.74, 6) is 0.664. The fourth-order valence-corrected chi connectivity index (χ4v) is 2.00. The summed E-state index contributed by atoms with van der Waals surface area (Å²) in [5, 5.41) is 3.90. The van der Waals surface area contributed by atoms with Crippen LogP contribution in [0.1, 0.15) is 24.5 Å². The Morgan fingerprint density at radius 2 is 2.14 bits per heavy atom. The molecule has 0 radical (unpaired) electrons. The first-order valence-electron chi connectivity index (χ1n) is 6.89. The highest BCUT2D eigenvalue weighted by Crippen LogP contribution is 2.27. The van der Waals surface area contributed by atoms with Gasteiger partial charge in [-0.3, -0.25) is 0 Å². The van der Waals surface area contributed by atoms with Gasteiger partial charge in [-0.1, -0.05) is 18.5 Å². The van der Waals surface area contributed by atoms with E-state index in [4.69, 9.17) is 16.3 Å². The van der Waals surface area contributed by atoms with Gasteiger partial charge in [-0.25, -0.2) is 9.37 Å². The minimum atomic E-state index is -0.372. The molecule has 0 saturated carbocycles. The quantitative estimate of drug-likeness (QED) is 0.799. The summed E-state index contributed by atoms with van der Waals surface area (Å²) in [7, 11) is 0. The normalized spacial score (nSPS) is 10.7. The van der Waals surface area contributed by atoms with E-state index in [1.165, 1.54) is 6.07 Å². The Labute approximate surface area is 129 Å². The van der Waals surface area contributed by atoms with Crippen LogP contribution >= 0.6 is 11.6 Å². The van der Waals surface area contributed by atoms with Crippen LogP contribution in [-0.4, -0.2) is 11.5 Å². The molecule has 0 fully saturated rings. The number of nitrogens with one attached hydrogen (secondary N) is 1. The number of aryl methyl sites for hydroxylation is 1. The van der Waals surface area contributed by atoms with E-state index in [2.05, 4.69) is 17.2 Å². The highest BCUT2D eigenvalue weighted by Gasteiger charge is 2.09. The zero-order valence-corrected chi connectivity index (χ0v) is 12.9. The van der Waals surface area contributed by atoms with Crippen molar-refractivity contribution in [2.24, 2.45) is 0 Å². The summed E-state index contributed by atoms with van der Waals surface area (Å²) < 4.78 is 19.1. The first-order chi connectivity index (χ1) is 10.1. The van der Waals surface area contributed by atoms with Gasteiger partial charge in [-0.2, -0.15) is 0 Å². The van der Waals surface area contributed by atoms with Crippen molar-refractivity contribution in [3.05, 3.63) is 52.4 Å². The predicted molar refractivity (Wildman–Crippen MR) is 82.5 cm³/mol. The van der Waals surface area contributed by atoms with Gasteiger partial charge in [-0.05, 0) is 49.7 Å². The van der Waals surface area contributed by atoms with Gasteiger partial charge in [0, 0.05) is 17.1 Å². The van der Waals surface area contributed by atoms with Gasteiger partial charge < -0.3 is 10.1 Å². The lowest BCUT2D eigenvalue weighted by Crippen LogP contribution is -2.15. The van der Waals surface area contributed by atoms with Crippen LogP contribution in [0, 0.1) is 12.7 Å². The van der Waals surface area contributed by atoms with E-state index in [-0.39, 0.29) is 5.82 Å². The summed E-state index contributed by atoms with van der Waals surface area (Å²) in [4.78, 5) is 4.03. The van der Waals surface area contributed by atoms with Crippen molar-refractivity contribution in [2.75, 3.05) is 6.54 Å². The van der Waals surface area contributed by atoms with Crippen LogP contribution in [0.3, 0.4) is 0 Å². The largest absolute Gasteiger partial charge is 0.439 e. The third-order valence-corrected chi connectivity index (χ3v) is 3.40. The fraction of sp³-hybridized carbons (Fsp3) is 0.312. The average molecular weight is 309 g/mol. The number of pyridine rings is 1. The third-order valence-electron chi connectivity index (χ3n) is 2.98. The molecule has 0 amide bonds. The Bertz CT molecular complexity index is 619. The first kappa shape index (κ1) is 15.7. The molecule has 0 bridgehead atoms. The van der Waals surface area contributed by atoms with Crippen molar-refractivity contribution in [3.8, 4) is 11.6 Å². The maximum absolute atomic E-state index is 13.3. The molecule has 0 unspecified atom stereocenters. The van der Waals surface area contributed by atoms with Crippen LogP contribution in [0.15, 0.2) is 30.5 Å². The number of benzene rings is 1. The number of ether oxygens (including phenoxy) is 1. The van der Waals surface area contributed by atoms with Crippen molar-refractivity contribution >= 4 is 11.6 Å². The second-order valence-corrected chi connectivity index (χ2v) is 5.21. The maximum Gasteiger partial charge on any atom is 0.223 e. The third kappa shape index (κ3) is 4.41. The number of aromatic nitrogens is 1. The van der Waals surface area contributed by atoms with E-state index in [0.717, 1.165) is 24.7 Å². The second kappa shape index (κ2) is 7.38. The molecule has 1 heterocycles. The topological polar surface area (TPSA) is 34.2 Å². The first-order valence-corrected chi connectivity index (χ1v) is 7.27. The van der Waals surface area contributed by atoms with Crippen LogP contribution in [-0.2, 0) is 6.54 Å². The van der Waals surface area contributed by atoms with Gasteiger partial charge in [-0.15, -0.1) is 0 Å². The molecule has 0 saturated heterocycles. The molecule has 1 aromatic heterocycles. The maximum atomic E-state index is 13.3. The summed E-state index contributed by atoms with van der Waals surface area (Å²) in [5.41, 5.74) is 1.61. The van der Waals surface area contributed by atoms with Crippen LogP contribution in [0.25, 0.3) is 0 Å². The smallest absolute Gasteiger partial charge is 0.223 e. The second-order valence-electron chi connectivity index (χ2n) is 4.81. The molecule has 3 nitrogen and oxygen atoms in total. The van der Waals surface area contributed by atoms with E-state index in [9.17, 15) is 4.39 Å². The fourth-order valence-electron chi connectivity index (χ4n) is 1.88. The number of hydrogen-bond acceptors (Lipinski definition) is 3. The molecule has 112 valence electrons. The number of halogens is 2. The molecule has 5 heteroatoms. The highest BCUT2D eigenvalue weighted by molar-refractivity contribution is 6.31. The summed E-state index contributed by atoms with van der Waals surface area (Å²) in [6, 6.07) is 6.80. The van der Waals surface area contributed by atoms with Crippen LogP contribution in [0.2, 0.25) is 5.02 Å². The molecule has 2 aromatic rings. The molecule has 1 N–H and O–H groups in total. The van der Waals surface area contributed by atoms with E-state index in [1.807, 2.05) is 13.0 Å². The van der Waals surface area contributed by atoms with Crippen molar-refractivity contribution in [1.29, 1.82) is 0 Å². The summed E-state index contributed by atoms with van der Waals surface area (Å²) >= 11 is 5.99. The van der Waals surface area contributed by atoms with Crippen LogP contribution in [0.5, 0.6) is 11.6 Å². The molecule has 0 atom stereocenters. The number of hydrogen-bond donors (Lipinski definition) is 1. The zero-order chi connectivity index (χ0) is 15.2. The van der Waals surface area contributed by atoms with Crippen LogP contribution in [0.4, 0.5) is 4.39 Å². The lowest BCUT2D eigenvalue weighted by atomic mass is 10.2. The van der Waals surface area contributed by atoms with Gasteiger partial charge in [0.2, 0.25) is 5.88 Å². The van der Waals surface area contributed by atoms with Gasteiger partial charge >= 0.3 is 0 Å². The van der Waals surface area contributed by atoms with E-state index >= 15 is 0 Å². The van der Waals surface area contributed by atoms with E-state index in [0.29, 0.717) is 28.8 Å². The van der Waals surface area contributed by atoms with Gasteiger partial charge in [0.05, 0.1) is 6.20 Å². The minimum absolute atomic E-state index is 0.372. The molecule has 21 heavy (non-hydrogen) atoms. The Morgan fingerprint density at radius 1 is 1.33 bits per heavy atom. The standard InChI is InChI=1S/C16H18ClFN2O/c1-3-6-19-9-12-8-13(18)10-20-16(12)21-14-4-5-15(17)11(2)7-14/h4-5,7-8,10,19H,3,6,9H2,1-2H3. The molecular weight excluding hydrogens is 291 g/mol. The average Bonchev–Trinajstić information content (AvgIpc) is 2.46. The number of rotatable bonds is 6. The zero-order valence-electron chi connectivity index (χ0n) is 12.1. The molecule has 0 aliphatic carbocycles. The van der Waals surface area contributed by atoms with Gasteiger partial charge in [0.15, 0.2) is 0 Å². The SMILES string of the molecule is CCCNCc1cc(F)cnc1Oc1ccc(Cl)c(C)c1. The predicted octanol–water partition coefficient (Wildman–Crippen LogP) is 4.47. The molecule has 0 spiro atoms. The lowest BCUT2D eigenvalue weighted by molar-refractivity contribution is 0.448. The van der Waals surface area contributed by atoms with Crippen molar-refractivity contribution in [2.45, 2.75) is 26.8 Å². The lowest BCUT2D eigenvalue weighted by Gasteiger charge is -2.11. The van der Waals surface area contributed by atoms with Crippen molar-refractivity contribution < 1.29 is 9.13 Å². The Balaban J connectivity index is 2.19. The minimum Gasteiger partial charge on any atom is -0.439 e. The monoisotopic (exact) mass is 308 g/mol. The molecular formula is C16H18ClFN2O. The highest BCUT2D eigenvalue weighted by atomic mass is 35.5. The Kier molecular flexibility index (Phi) is 5.53.